The molecule has 2 N–H and O–H groups in total. The SMILES string of the molecule is COc1ccccc1NS(=O)(=O)c1cccc(C(=O)N[C@@H]2CCN(Cc3ccccc3)C2)c1. The van der Waals surface area contributed by atoms with Crippen LogP contribution in [-0.2, 0) is 16.6 Å². The lowest BCUT2D eigenvalue weighted by atomic mass is 10.2. The average Bonchev–Trinajstić information content (AvgIpc) is 3.26. The number of methoxy groups -OCH3 is 1. The highest BCUT2D eigenvalue weighted by atomic mass is 32.2. The summed E-state index contributed by atoms with van der Waals surface area (Å²) < 4.78 is 33.5. The lowest BCUT2D eigenvalue weighted by Crippen LogP contribution is -2.37. The Kier molecular flexibility index (Phi) is 6.96. The largest absolute Gasteiger partial charge is 0.495 e. The summed E-state index contributed by atoms with van der Waals surface area (Å²) >= 11 is 0. The van der Waals surface area contributed by atoms with E-state index >= 15 is 0 Å². The van der Waals surface area contributed by atoms with Crippen LogP contribution in [0.4, 0.5) is 5.69 Å². The van der Waals surface area contributed by atoms with E-state index in [1.165, 1.54) is 24.8 Å². The number of para-hydroxylation sites is 2. The van der Waals surface area contributed by atoms with E-state index in [-0.39, 0.29) is 16.8 Å². The van der Waals surface area contributed by atoms with E-state index in [1.807, 2.05) is 18.2 Å². The maximum atomic E-state index is 12.9. The molecule has 0 radical (unpaired) electrons. The number of likely N-dealkylation sites (tertiary alicyclic amines) is 1. The first kappa shape index (κ1) is 22.8. The average molecular weight is 466 g/mol. The third-order valence-corrected chi connectivity index (χ3v) is 6.98. The molecule has 0 bridgehead atoms. The van der Waals surface area contributed by atoms with Crippen LogP contribution in [-0.4, -0.2) is 45.5 Å². The van der Waals surface area contributed by atoms with Crippen LogP contribution in [0.1, 0.15) is 22.3 Å². The second kappa shape index (κ2) is 10.1. The molecule has 3 aromatic carbocycles. The van der Waals surface area contributed by atoms with E-state index in [0.29, 0.717) is 17.0 Å². The van der Waals surface area contributed by atoms with Crippen molar-refractivity contribution in [2.45, 2.75) is 23.9 Å². The molecule has 7 nitrogen and oxygen atoms in total. The maximum Gasteiger partial charge on any atom is 0.262 e. The van der Waals surface area contributed by atoms with E-state index in [1.54, 1.807) is 36.4 Å². The van der Waals surface area contributed by atoms with Gasteiger partial charge in [0.05, 0.1) is 17.7 Å². The molecule has 172 valence electrons. The minimum atomic E-state index is -3.89. The van der Waals surface area contributed by atoms with Crippen LogP contribution in [0, 0.1) is 0 Å². The summed E-state index contributed by atoms with van der Waals surface area (Å²) in [4.78, 5) is 15.2. The van der Waals surface area contributed by atoms with Crippen molar-refractivity contribution >= 4 is 21.6 Å². The second-order valence-corrected chi connectivity index (χ2v) is 9.70. The van der Waals surface area contributed by atoms with Crippen molar-refractivity contribution in [3.05, 3.63) is 90.0 Å². The molecule has 1 aliphatic rings. The molecule has 1 atom stereocenters. The molecule has 0 aliphatic carbocycles. The fourth-order valence-electron chi connectivity index (χ4n) is 3.94. The van der Waals surface area contributed by atoms with Gasteiger partial charge in [0.2, 0.25) is 0 Å². The Labute approximate surface area is 194 Å². The number of carbonyl (C=O) groups is 1. The first-order valence-corrected chi connectivity index (χ1v) is 12.3. The number of carbonyl (C=O) groups excluding carboxylic acids is 1. The third-order valence-electron chi connectivity index (χ3n) is 5.61. The summed E-state index contributed by atoms with van der Waals surface area (Å²) in [5, 5.41) is 3.04. The summed E-state index contributed by atoms with van der Waals surface area (Å²) in [6, 6.07) is 23.1. The Morgan fingerprint density at radius 2 is 1.79 bits per heavy atom. The molecule has 3 aromatic rings. The van der Waals surface area contributed by atoms with Gasteiger partial charge in [0.1, 0.15) is 5.75 Å². The highest BCUT2D eigenvalue weighted by Gasteiger charge is 2.25. The van der Waals surface area contributed by atoms with Crippen LogP contribution in [0.15, 0.2) is 83.8 Å². The summed E-state index contributed by atoms with van der Waals surface area (Å²) in [5.74, 6) is 0.132. The molecule has 0 unspecified atom stereocenters. The molecule has 1 amide bonds. The lowest BCUT2D eigenvalue weighted by molar-refractivity contribution is 0.0937. The Balaban J connectivity index is 1.40. The van der Waals surface area contributed by atoms with Crippen molar-refractivity contribution in [1.82, 2.24) is 10.2 Å². The van der Waals surface area contributed by atoms with Crippen LogP contribution in [0.5, 0.6) is 5.75 Å². The van der Waals surface area contributed by atoms with Gasteiger partial charge < -0.3 is 10.1 Å². The first-order valence-electron chi connectivity index (χ1n) is 10.8. The highest BCUT2D eigenvalue weighted by molar-refractivity contribution is 7.92. The number of amides is 1. The number of hydrogen-bond donors (Lipinski definition) is 2. The molecule has 0 aromatic heterocycles. The van der Waals surface area contributed by atoms with Crippen molar-refractivity contribution in [2.24, 2.45) is 0 Å². The van der Waals surface area contributed by atoms with Gasteiger partial charge in [-0.2, -0.15) is 0 Å². The predicted molar refractivity (Wildman–Crippen MR) is 128 cm³/mol. The highest BCUT2D eigenvalue weighted by Crippen LogP contribution is 2.26. The molecular weight excluding hydrogens is 438 g/mol. The fraction of sp³-hybridized carbons (Fsp3) is 0.240. The second-order valence-electron chi connectivity index (χ2n) is 8.01. The number of nitrogens with zero attached hydrogens (tertiary/aromatic N) is 1. The number of hydrogen-bond acceptors (Lipinski definition) is 5. The zero-order chi connectivity index (χ0) is 23.3. The predicted octanol–water partition coefficient (Wildman–Crippen LogP) is 3.50. The molecular formula is C25H27N3O4S. The smallest absolute Gasteiger partial charge is 0.262 e. The maximum absolute atomic E-state index is 12.9. The quantitative estimate of drug-likeness (QED) is 0.532. The molecule has 33 heavy (non-hydrogen) atoms. The molecule has 0 saturated carbocycles. The van der Waals surface area contributed by atoms with Gasteiger partial charge in [-0.15, -0.1) is 0 Å². The molecule has 1 heterocycles. The third kappa shape index (κ3) is 5.71. The zero-order valence-corrected chi connectivity index (χ0v) is 19.2. The summed E-state index contributed by atoms with van der Waals surface area (Å²) in [7, 11) is -2.42. The molecule has 1 fully saturated rings. The topological polar surface area (TPSA) is 87.7 Å². The molecule has 1 aliphatic heterocycles. The van der Waals surface area contributed by atoms with Crippen LogP contribution in [0.25, 0.3) is 0 Å². The van der Waals surface area contributed by atoms with Gasteiger partial charge in [0, 0.05) is 31.2 Å². The minimum Gasteiger partial charge on any atom is -0.495 e. The Bertz CT molecular complexity index is 1220. The van der Waals surface area contributed by atoms with Crippen LogP contribution >= 0.6 is 0 Å². The molecule has 1 saturated heterocycles. The number of ether oxygens (including phenoxy) is 1. The van der Waals surface area contributed by atoms with Crippen molar-refractivity contribution < 1.29 is 17.9 Å². The van der Waals surface area contributed by atoms with Gasteiger partial charge in [-0.05, 0) is 42.3 Å². The van der Waals surface area contributed by atoms with Crippen LogP contribution in [0.2, 0.25) is 0 Å². The van der Waals surface area contributed by atoms with E-state index in [0.717, 1.165) is 26.1 Å². The molecule has 4 rings (SSSR count). The lowest BCUT2D eigenvalue weighted by Gasteiger charge is -2.17. The number of sulfonamides is 1. The van der Waals surface area contributed by atoms with E-state index in [2.05, 4.69) is 27.1 Å². The molecule has 0 spiro atoms. The van der Waals surface area contributed by atoms with Gasteiger partial charge in [-0.3, -0.25) is 14.4 Å². The van der Waals surface area contributed by atoms with Gasteiger partial charge in [-0.25, -0.2) is 8.42 Å². The van der Waals surface area contributed by atoms with Crippen LogP contribution < -0.4 is 14.8 Å². The van der Waals surface area contributed by atoms with Gasteiger partial charge in [0.15, 0.2) is 0 Å². The number of nitrogens with one attached hydrogen (secondary N) is 2. The standard InChI is InChI=1S/C25H27N3O4S/c1-32-24-13-6-5-12-23(24)27-33(30,31)22-11-7-10-20(16-22)25(29)26-21-14-15-28(18-21)17-19-8-3-2-4-9-19/h2-13,16,21,27H,14-15,17-18H2,1H3,(H,26,29)/t21-/m1/s1. The first-order chi connectivity index (χ1) is 15.9. The van der Waals surface area contributed by atoms with Crippen LogP contribution in [0.3, 0.4) is 0 Å². The van der Waals surface area contributed by atoms with E-state index in [4.69, 9.17) is 4.74 Å². The molecule has 8 heteroatoms. The normalized spacial score (nSPS) is 16.3. The van der Waals surface area contributed by atoms with Crippen molar-refractivity contribution in [2.75, 3.05) is 24.9 Å². The van der Waals surface area contributed by atoms with Crippen molar-refractivity contribution in [1.29, 1.82) is 0 Å². The van der Waals surface area contributed by atoms with Gasteiger partial charge in [0.25, 0.3) is 15.9 Å². The Morgan fingerprint density at radius 3 is 2.58 bits per heavy atom. The van der Waals surface area contributed by atoms with Crippen molar-refractivity contribution in [3.63, 3.8) is 0 Å². The summed E-state index contributed by atoms with van der Waals surface area (Å²) in [6.07, 6.45) is 0.853. The summed E-state index contributed by atoms with van der Waals surface area (Å²) in [6.45, 7) is 2.50. The van der Waals surface area contributed by atoms with Gasteiger partial charge >= 0.3 is 0 Å². The number of anilines is 1. The Morgan fingerprint density at radius 1 is 1.03 bits per heavy atom. The van der Waals surface area contributed by atoms with Crippen molar-refractivity contribution in [3.8, 4) is 5.75 Å². The number of rotatable bonds is 8. The van der Waals surface area contributed by atoms with E-state index < -0.39 is 10.0 Å². The van der Waals surface area contributed by atoms with Gasteiger partial charge in [-0.1, -0.05) is 48.5 Å². The monoisotopic (exact) mass is 465 g/mol. The minimum absolute atomic E-state index is 0.0122. The fourth-order valence-corrected chi connectivity index (χ4v) is 5.06. The number of benzene rings is 3. The van der Waals surface area contributed by atoms with E-state index in [9.17, 15) is 13.2 Å². The Hall–Kier alpha value is -3.36. The zero-order valence-electron chi connectivity index (χ0n) is 18.4. The summed E-state index contributed by atoms with van der Waals surface area (Å²) in [5.41, 5.74) is 1.88.